The Bertz CT molecular complexity index is 631. The van der Waals surface area contributed by atoms with Crippen LogP contribution < -0.4 is 0 Å². The average molecular weight is 288 g/mol. The van der Waals surface area contributed by atoms with Crippen molar-refractivity contribution < 1.29 is 0 Å². The molecule has 1 aromatic carbocycles. The number of aromatic nitrogens is 2. The Morgan fingerprint density at radius 3 is 1.36 bits per heavy atom. The maximum absolute atomic E-state index is 4.41. The van der Waals surface area contributed by atoms with Crippen LogP contribution in [0.15, 0.2) is 73.1 Å². The average Bonchev–Trinajstić information content (AvgIpc) is 2.61. The summed E-state index contributed by atoms with van der Waals surface area (Å²) in [6.07, 6.45) is 7.78. The van der Waals surface area contributed by atoms with Gasteiger partial charge in [-0.2, -0.15) is 0 Å². The van der Waals surface area contributed by atoms with Crippen molar-refractivity contribution in [1.29, 1.82) is 0 Å². The van der Waals surface area contributed by atoms with E-state index in [0.717, 1.165) is 37.1 Å². The van der Waals surface area contributed by atoms with E-state index in [9.17, 15) is 0 Å². The summed E-state index contributed by atoms with van der Waals surface area (Å²) in [5.41, 5.74) is 5.15. The predicted octanol–water partition coefficient (Wildman–Crippen LogP) is 4.05. The molecule has 3 rings (SSSR count). The largest absolute Gasteiger partial charge is 0.261 e. The molecule has 3 aromatic rings. The van der Waals surface area contributed by atoms with Crippen LogP contribution in [0.25, 0.3) is 0 Å². The van der Waals surface area contributed by atoms with Crippen molar-refractivity contribution in [3.05, 3.63) is 95.6 Å². The molecule has 2 nitrogen and oxygen atoms in total. The molecule has 0 bridgehead atoms. The van der Waals surface area contributed by atoms with Gasteiger partial charge in [0.05, 0.1) is 0 Å². The smallest absolute Gasteiger partial charge is 0.0406 e. The number of hydrogen-bond acceptors (Lipinski definition) is 2. The van der Waals surface area contributed by atoms with Gasteiger partial charge in [0.1, 0.15) is 0 Å². The molecule has 0 N–H and O–H groups in total. The van der Waals surface area contributed by atoms with Crippen LogP contribution in [0.3, 0.4) is 0 Å². The van der Waals surface area contributed by atoms with E-state index < -0.39 is 0 Å². The van der Waals surface area contributed by atoms with Crippen LogP contribution in [0.5, 0.6) is 0 Å². The lowest BCUT2D eigenvalue weighted by Gasteiger charge is -2.09. The zero-order valence-electron chi connectivity index (χ0n) is 12.7. The van der Waals surface area contributed by atoms with Gasteiger partial charge < -0.3 is 0 Å². The van der Waals surface area contributed by atoms with Crippen molar-refractivity contribution >= 4 is 0 Å². The lowest BCUT2D eigenvalue weighted by molar-refractivity contribution is 0.861. The molecule has 2 aromatic heterocycles. The fourth-order valence-corrected chi connectivity index (χ4v) is 2.66. The molecule has 0 unspecified atom stereocenters. The first kappa shape index (κ1) is 14.5. The van der Waals surface area contributed by atoms with Crippen molar-refractivity contribution in [3.63, 3.8) is 0 Å². The summed E-state index contributed by atoms with van der Waals surface area (Å²) in [5, 5.41) is 0. The molecular weight excluding hydrogens is 268 g/mol. The Balaban J connectivity index is 1.65. The Morgan fingerprint density at radius 1 is 0.500 bits per heavy atom. The Hall–Kier alpha value is -2.48. The molecule has 2 heterocycles. The van der Waals surface area contributed by atoms with Gasteiger partial charge in [-0.1, -0.05) is 36.4 Å². The van der Waals surface area contributed by atoms with Crippen molar-refractivity contribution in [2.24, 2.45) is 0 Å². The second kappa shape index (κ2) is 7.51. The van der Waals surface area contributed by atoms with Crippen molar-refractivity contribution in [2.45, 2.75) is 25.7 Å². The van der Waals surface area contributed by atoms with E-state index >= 15 is 0 Å². The van der Waals surface area contributed by atoms with E-state index in [1.807, 2.05) is 24.5 Å². The SMILES string of the molecule is c1ccc(CCc2ccccc2CCc2ccccn2)nc1. The highest BCUT2D eigenvalue weighted by atomic mass is 14.7. The normalized spacial score (nSPS) is 10.5. The highest BCUT2D eigenvalue weighted by Gasteiger charge is 2.04. The van der Waals surface area contributed by atoms with Gasteiger partial charge in [0.15, 0.2) is 0 Å². The molecule has 0 aliphatic rings. The quantitative estimate of drug-likeness (QED) is 0.684. The lowest BCUT2D eigenvalue weighted by Crippen LogP contribution is -2.01. The molecule has 0 saturated heterocycles. The molecule has 2 heteroatoms. The van der Waals surface area contributed by atoms with E-state index in [1.165, 1.54) is 11.1 Å². The molecule has 110 valence electrons. The minimum absolute atomic E-state index is 0.988. The van der Waals surface area contributed by atoms with Crippen LogP contribution in [0.2, 0.25) is 0 Å². The van der Waals surface area contributed by atoms with Gasteiger partial charge in [-0.05, 0) is 61.1 Å². The third-order valence-electron chi connectivity index (χ3n) is 3.87. The first-order chi connectivity index (χ1) is 10.9. The van der Waals surface area contributed by atoms with Crippen molar-refractivity contribution in [1.82, 2.24) is 9.97 Å². The number of nitrogens with zero attached hydrogens (tertiary/aromatic N) is 2. The zero-order valence-corrected chi connectivity index (χ0v) is 12.7. The van der Waals surface area contributed by atoms with Crippen molar-refractivity contribution in [3.8, 4) is 0 Å². The topological polar surface area (TPSA) is 25.8 Å². The summed E-state index contributed by atoms with van der Waals surface area (Å²) in [4.78, 5) is 8.81. The third-order valence-corrected chi connectivity index (χ3v) is 3.87. The summed E-state index contributed by atoms with van der Waals surface area (Å²) in [6.45, 7) is 0. The van der Waals surface area contributed by atoms with E-state index in [1.54, 1.807) is 0 Å². The molecule has 0 atom stereocenters. The van der Waals surface area contributed by atoms with Crippen LogP contribution in [0.4, 0.5) is 0 Å². The van der Waals surface area contributed by atoms with Gasteiger partial charge in [-0.25, -0.2) is 0 Å². The Labute approximate surface area is 131 Å². The summed E-state index contributed by atoms with van der Waals surface area (Å²) >= 11 is 0. The van der Waals surface area contributed by atoms with Crippen LogP contribution in [0.1, 0.15) is 22.5 Å². The highest BCUT2D eigenvalue weighted by Crippen LogP contribution is 2.14. The maximum atomic E-state index is 4.41. The highest BCUT2D eigenvalue weighted by molar-refractivity contribution is 5.28. The molecule has 0 saturated carbocycles. The van der Waals surface area contributed by atoms with E-state index in [-0.39, 0.29) is 0 Å². The fraction of sp³-hybridized carbons (Fsp3) is 0.200. The van der Waals surface area contributed by atoms with Gasteiger partial charge in [0, 0.05) is 23.8 Å². The maximum Gasteiger partial charge on any atom is 0.0406 e. The molecule has 0 aliphatic heterocycles. The second-order valence-corrected chi connectivity index (χ2v) is 5.41. The number of aryl methyl sites for hydroxylation is 4. The van der Waals surface area contributed by atoms with Crippen LogP contribution in [-0.2, 0) is 25.7 Å². The first-order valence-electron chi connectivity index (χ1n) is 7.78. The zero-order chi connectivity index (χ0) is 15.0. The summed E-state index contributed by atoms with van der Waals surface area (Å²) in [6, 6.07) is 20.9. The van der Waals surface area contributed by atoms with E-state index in [0.29, 0.717) is 0 Å². The molecule has 0 radical (unpaired) electrons. The van der Waals surface area contributed by atoms with Gasteiger partial charge in [0.2, 0.25) is 0 Å². The second-order valence-electron chi connectivity index (χ2n) is 5.41. The molecule has 0 aliphatic carbocycles. The number of hydrogen-bond donors (Lipinski definition) is 0. The molecular formula is C20H20N2. The van der Waals surface area contributed by atoms with E-state index in [4.69, 9.17) is 0 Å². The molecule has 0 fully saturated rings. The minimum Gasteiger partial charge on any atom is -0.261 e. The van der Waals surface area contributed by atoms with Crippen LogP contribution in [-0.4, -0.2) is 9.97 Å². The van der Waals surface area contributed by atoms with Crippen LogP contribution in [0, 0.1) is 0 Å². The van der Waals surface area contributed by atoms with Crippen molar-refractivity contribution in [2.75, 3.05) is 0 Å². The van der Waals surface area contributed by atoms with Gasteiger partial charge in [-0.15, -0.1) is 0 Å². The van der Waals surface area contributed by atoms with Gasteiger partial charge in [-0.3, -0.25) is 9.97 Å². The summed E-state index contributed by atoms with van der Waals surface area (Å²) < 4.78 is 0. The van der Waals surface area contributed by atoms with E-state index in [2.05, 4.69) is 58.5 Å². The third kappa shape index (κ3) is 4.01. The summed E-state index contributed by atoms with van der Waals surface area (Å²) in [7, 11) is 0. The van der Waals surface area contributed by atoms with Gasteiger partial charge >= 0.3 is 0 Å². The molecule has 0 spiro atoms. The molecule has 22 heavy (non-hydrogen) atoms. The molecule has 0 amide bonds. The Morgan fingerprint density at radius 2 is 0.955 bits per heavy atom. The Kier molecular flexibility index (Phi) is 4.93. The monoisotopic (exact) mass is 288 g/mol. The predicted molar refractivity (Wildman–Crippen MR) is 89.7 cm³/mol. The fourth-order valence-electron chi connectivity index (χ4n) is 2.66. The first-order valence-corrected chi connectivity index (χ1v) is 7.78. The summed E-state index contributed by atoms with van der Waals surface area (Å²) in [5.74, 6) is 0. The lowest BCUT2D eigenvalue weighted by atomic mass is 9.97. The number of benzene rings is 1. The van der Waals surface area contributed by atoms with Crippen LogP contribution >= 0.6 is 0 Å². The number of rotatable bonds is 6. The van der Waals surface area contributed by atoms with Gasteiger partial charge in [0.25, 0.3) is 0 Å². The number of pyridine rings is 2. The minimum atomic E-state index is 0.988. The standard InChI is InChI=1S/C20H20N2/c1-2-8-18(12-14-20-10-4-6-16-22-20)17(7-1)11-13-19-9-3-5-15-21-19/h1-10,15-16H,11-14H2.